The molecule has 0 aliphatic heterocycles. The van der Waals surface area contributed by atoms with Crippen LogP contribution in [0.15, 0.2) is 0 Å². The Morgan fingerprint density at radius 2 is 1.56 bits per heavy atom. The predicted octanol–water partition coefficient (Wildman–Crippen LogP) is 3.69. The van der Waals surface area contributed by atoms with Crippen LogP contribution in [-0.2, 0) is 24.1 Å². The quantitative estimate of drug-likeness (QED) is 0.250. The summed E-state index contributed by atoms with van der Waals surface area (Å²) in [4.78, 5) is 11.6. The molecule has 0 saturated carbocycles. The number of carbonyl (C=O) groups is 1. The Bertz CT molecular complexity index is 602. The number of carbonyl (C=O) groups excluding carboxylic acids is 1. The minimum atomic E-state index is -6.31. The zero-order chi connectivity index (χ0) is 21.9. The second-order valence-corrected chi connectivity index (χ2v) is 12.7. The largest absolute Gasteiger partial charge is 0.438 e. The van der Waals surface area contributed by atoms with E-state index in [0.29, 0.717) is 0 Å². The lowest BCUT2D eigenvalue weighted by molar-refractivity contribution is -0.361. The Kier molecular flexibility index (Phi) is 8.38. The molecule has 0 heterocycles. The fraction of sp³-hybridized carbons (Fsp3) is 0.923. The van der Waals surface area contributed by atoms with Crippen LogP contribution in [0.2, 0.25) is 18.6 Å². The van der Waals surface area contributed by atoms with E-state index in [1.165, 1.54) is 7.11 Å². The van der Waals surface area contributed by atoms with Crippen molar-refractivity contribution in [3.63, 3.8) is 0 Å². The van der Waals surface area contributed by atoms with Crippen LogP contribution in [0, 0.1) is 0 Å². The van der Waals surface area contributed by atoms with Gasteiger partial charge in [-0.3, -0.25) is 9.35 Å². The first-order valence-corrected chi connectivity index (χ1v) is 12.2. The fourth-order valence-corrected chi connectivity index (χ4v) is 4.27. The van der Waals surface area contributed by atoms with Crippen LogP contribution in [-0.4, -0.2) is 58.1 Å². The van der Waals surface area contributed by atoms with Gasteiger partial charge in [0.05, 0.1) is 0 Å². The maximum absolute atomic E-state index is 13.0. The summed E-state index contributed by atoms with van der Waals surface area (Å²) in [7, 11) is -6.41. The van der Waals surface area contributed by atoms with Gasteiger partial charge in [0, 0.05) is 13.5 Å². The van der Waals surface area contributed by atoms with E-state index in [4.69, 9.17) is 8.98 Å². The van der Waals surface area contributed by atoms with Gasteiger partial charge >= 0.3 is 23.9 Å². The molecule has 0 rings (SSSR count). The molecule has 0 bridgehead atoms. The van der Waals surface area contributed by atoms with Crippen LogP contribution in [0.5, 0.6) is 0 Å². The van der Waals surface area contributed by atoms with Crippen molar-refractivity contribution in [1.82, 2.24) is 0 Å². The lowest BCUT2D eigenvalue weighted by Crippen LogP contribution is -2.63. The predicted molar refractivity (Wildman–Crippen MR) is 85.1 cm³/mol. The molecule has 162 valence electrons. The topological polar surface area (TPSA) is 89.9 Å². The maximum atomic E-state index is 13.0. The standard InChI is InChI=1S/C13H22F6O6SSi/c1-9(27(3,4)24-2)6-5-7-10(20)25-11(12(14,15)16,13(17,18)19)8-26(21,22)23/h9H,5-8H2,1-4H3,(H,21,22,23). The molecule has 6 nitrogen and oxygen atoms in total. The molecule has 0 aromatic rings. The van der Waals surface area contributed by atoms with E-state index in [2.05, 4.69) is 4.74 Å². The van der Waals surface area contributed by atoms with Gasteiger partial charge in [0.2, 0.25) is 0 Å². The number of halogens is 6. The van der Waals surface area contributed by atoms with Gasteiger partial charge in [-0.2, -0.15) is 34.8 Å². The van der Waals surface area contributed by atoms with E-state index in [1.54, 1.807) is 6.92 Å². The maximum Gasteiger partial charge on any atom is 0.438 e. The summed E-state index contributed by atoms with van der Waals surface area (Å²) < 4.78 is 117. The molecule has 0 saturated heterocycles. The van der Waals surface area contributed by atoms with Gasteiger partial charge in [0.15, 0.2) is 8.32 Å². The summed E-state index contributed by atoms with van der Waals surface area (Å²) in [5, 5.41) is 0. The van der Waals surface area contributed by atoms with Crippen molar-refractivity contribution in [3.05, 3.63) is 0 Å². The van der Waals surface area contributed by atoms with E-state index < -0.39 is 54.5 Å². The molecule has 14 heteroatoms. The molecule has 1 unspecified atom stereocenters. The van der Waals surface area contributed by atoms with Crippen molar-refractivity contribution >= 4 is 24.4 Å². The summed E-state index contributed by atoms with van der Waals surface area (Å²) in [6, 6.07) is 0. The van der Waals surface area contributed by atoms with Crippen LogP contribution in [0.25, 0.3) is 0 Å². The van der Waals surface area contributed by atoms with E-state index in [1.807, 2.05) is 13.1 Å². The third-order valence-corrected chi connectivity index (χ3v) is 8.81. The molecule has 1 atom stereocenters. The Morgan fingerprint density at radius 1 is 1.11 bits per heavy atom. The normalized spacial score (nSPS) is 15.5. The fourth-order valence-electron chi connectivity index (χ4n) is 2.07. The minimum Gasteiger partial charge on any atom is -0.438 e. The minimum absolute atomic E-state index is 0.0527. The van der Waals surface area contributed by atoms with Gasteiger partial charge in [-0.1, -0.05) is 13.3 Å². The monoisotopic (exact) mass is 448 g/mol. The van der Waals surface area contributed by atoms with Crippen molar-refractivity contribution in [3.8, 4) is 0 Å². The van der Waals surface area contributed by atoms with E-state index in [0.717, 1.165) is 0 Å². The molecule has 1 N–H and O–H groups in total. The zero-order valence-corrected chi connectivity index (χ0v) is 16.9. The highest BCUT2D eigenvalue weighted by Gasteiger charge is 2.75. The van der Waals surface area contributed by atoms with Crippen molar-refractivity contribution < 1.29 is 53.3 Å². The molecule has 0 aromatic carbocycles. The van der Waals surface area contributed by atoms with Gasteiger partial charge < -0.3 is 9.16 Å². The summed E-state index contributed by atoms with van der Waals surface area (Å²) in [5.74, 6) is -4.75. The number of hydrogen-bond donors (Lipinski definition) is 1. The molecule has 0 aromatic heterocycles. The number of rotatable bonds is 9. The highest BCUT2D eigenvalue weighted by molar-refractivity contribution is 7.85. The number of hydrogen-bond acceptors (Lipinski definition) is 5. The Balaban J connectivity index is 5.38. The van der Waals surface area contributed by atoms with Gasteiger partial charge in [-0.05, 0) is 25.1 Å². The van der Waals surface area contributed by atoms with Crippen LogP contribution >= 0.6 is 0 Å². The Morgan fingerprint density at radius 3 is 1.89 bits per heavy atom. The average Bonchev–Trinajstić information content (AvgIpc) is 2.42. The smallest absolute Gasteiger partial charge is 0.438 e. The van der Waals surface area contributed by atoms with Gasteiger partial charge in [-0.15, -0.1) is 0 Å². The molecular weight excluding hydrogens is 426 g/mol. The van der Waals surface area contributed by atoms with Crippen LogP contribution < -0.4 is 0 Å². The molecule has 0 amide bonds. The van der Waals surface area contributed by atoms with Crippen molar-refractivity contribution in [2.24, 2.45) is 0 Å². The zero-order valence-electron chi connectivity index (χ0n) is 15.1. The SMILES string of the molecule is CO[Si](C)(C)C(C)CCCC(=O)OC(CS(=O)(=O)O)(C(F)(F)F)C(F)(F)F. The van der Waals surface area contributed by atoms with Gasteiger partial charge in [0.25, 0.3) is 10.1 Å². The molecule has 27 heavy (non-hydrogen) atoms. The van der Waals surface area contributed by atoms with Crippen molar-refractivity contribution in [2.45, 2.75) is 62.8 Å². The molecule has 0 aliphatic rings. The number of alkyl halides is 6. The molecule has 0 fully saturated rings. The van der Waals surface area contributed by atoms with Crippen molar-refractivity contribution in [2.75, 3.05) is 12.9 Å². The molecular formula is C13H22F6O6SSi. The summed E-state index contributed by atoms with van der Waals surface area (Å²) in [5.41, 5.74) is -5.40. The summed E-state index contributed by atoms with van der Waals surface area (Å²) in [6.07, 6.45) is -13.2. The third-order valence-electron chi connectivity index (χ3n) is 4.32. The second-order valence-electron chi connectivity index (χ2n) is 6.62. The first-order valence-electron chi connectivity index (χ1n) is 7.64. The highest BCUT2D eigenvalue weighted by atomic mass is 32.2. The Labute approximate surface area is 154 Å². The van der Waals surface area contributed by atoms with Gasteiger partial charge in [0.1, 0.15) is 5.75 Å². The summed E-state index contributed by atoms with van der Waals surface area (Å²) >= 11 is 0. The first-order chi connectivity index (χ1) is 11.8. The summed E-state index contributed by atoms with van der Waals surface area (Å²) in [6.45, 7) is 5.47. The first kappa shape index (κ1) is 26.1. The lowest BCUT2D eigenvalue weighted by Gasteiger charge is -2.35. The van der Waals surface area contributed by atoms with E-state index in [9.17, 15) is 39.6 Å². The highest BCUT2D eigenvalue weighted by Crippen LogP contribution is 2.47. The van der Waals surface area contributed by atoms with Crippen LogP contribution in [0.1, 0.15) is 26.2 Å². The molecule has 0 radical (unpaired) electrons. The van der Waals surface area contributed by atoms with Crippen LogP contribution in [0.4, 0.5) is 26.3 Å². The number of esters is 1. The molecule has 0 aliphatic carbocycles. The van der Waals surface area contributed by atoms with Crippen LogP contribution in [0.3, 0.4) is 0 Å². The lowest BCUT2D eigenvalue weighted by atomic mass is 10.1. The van der Waals surface area contributed by atoms with Crippen molar-refractivity contribution in [1.29, 1.82) is 0 Å². The number of ether oxygens (including phenoxy) is 1. The van der Waals surface area contributed by atoms with Gasteiger partial charge in [-0.25, -0.2) is 0 Å². The third kappa shape index (κ3) is 7.23. The van der Waals surface area contributed by atoms with E-state index in [-0.39, 0.29) is 18.4 Å². The Hall–Kier alpha value is -0.863. The average molecular weight is 448 g/mol. The van der Waals surface area contributed by atoms with E-state index >= 15 is 0 Å². The second kappa shape index (κ2) is 8.65. The molecule has 0 spiro atoms.